The number of thiazole rings is 1. The van der Waals surface area contributed by atoms with Crippen molar-refractivity contribution in [2.24, 2.45) is 5.10 Å². The summed E-state index contributed by atoms with van der Waals surface area (Å²) in [7, 11) is 0. The molecule has 1 aromatic carbocycles. The van der Waals surface area contributed by atoms with Crippen molar-refractivity contribution in [3.63, 3.8) is 0 Å². The quantitative estimate of drug-likeness (QED) is 0.505. The molecule has 0 aliphatic carbocycles. The molecule has 0 amide bonds. The first-order valence-electron chi connectivity index (χ1n) is 4.92. The zero-order valence-electron chi connectivity index (χ0n) is 9.25. The number of nitrogens with one attached hydrogen (secondary N) is 1. The molecule has 0 atom stereocenters. The number of rotatable bonds is 3. The van der Waals surface area contributed by atoms with Gasteiger partial charge in [0.2, 0.25) is 5.13 Å². The maximum absolute atomic E-state index is 13.1. The zero-order chi connectivity index (χ0) is 13.1. The Morgan fingerprint density at radius 2 is 2.33 bits per heavy atom. The Bertz CT molecular complexity index is 600. The minimum Gasteiger partial charge on any atom is -0.253 e. The van der Waals surface area contributed by atoms with Crippen LogP contribution in [0.15, 0.2) is 27.1 Å². The van der Waals surface area contributed by atoms with E-state index in [1.165, 1.54) is 23.5 Å². The standard InChI is InChI=1S/C11H8BrClFN3S/c1-6-5-18-11(16-6)17-15-4-7-2-9(13)10(14)3-8(7)12/h2-5H,1H3,(H,16,17). The molecule has 2 rings (SSSR count). The molecule has 1 N–H and O–H groups in total. The number of halogens is 3. The van der Waals surface area contributed by atoms with Gasteiger partial charge in [-0.15, -0.1) is 11.3 Å². The number of aryl methyl sites for hydroxylation is 1. The number of benzene rings is 1. The van der Waals surface area contributed by atoms with Crippen LogP contribution < -0.4 is 5.43 Å². The van der Waals surface area contributed by atoms with Gasteiger partial charge >= 0.3 is 0 Å². The van der Waals surface area contributed by atoms with Gasteiger partial charge in [-0.1, -0.05) is 27.5 Å². The van der Waals surface area contributed by atoms with Gasteiger partial charge in [-0.25, -0.2) is 9.37 Å². The van der Waals surface area contributed by atoms with Crippen molar-refractivity contribution >= 4 is 50.2 Å². The molecule has 0 bridgehead atoms. The monoisotopic (exact) mass is 347 g/mol. The molecule has 94 valence electrons. The molecule has 0 radical (unpaired) electrons. The highest BCUT2D eigenvalue weighted by molar-refractivity contribution is 9.10. The SMILES string of the molecule is Cc1csc(NN=Cc2cc(Cl)c(F)cc2Br)n1. The molecule has 18 heavy (non-hydrogen) atoms. The van der Waals surface area contributed by atoms with Crippen molar-refractivity contribution in [3.8, 4) is 0 Å². The summed E-state index contributed by atoms with van der Waals surface area (Å²) in [6, 6.07) is 2.80. The number of hydrogen-bond acceptors (Lipinski definition) is 4. The summed E-state index contributed by atoms with van der Waals surface area (Å²) >= 11 is 10.4. The summed E-state index contributed by atoms with van der Waals surface area (Å²) in [6.07, 6.45) is 1.55. The molecule has 0 saturated heterocycles. The topological polar surface area (TPSA) is 37.3 Å². The van der Waals surface area contributed by atoms with Gasteiger partial charge in [0.1, 0.15) is 5.82 Å². The second-order valence-corrected chi connectivity index (χ2v) is 5.57. The molecule has 1 heterocycles. The van der Waals surface area contributed by atoms with Crippen LogP contribution in [0.2, 0.25) is 5.02 Å². The van der Waals surface area contributed by atoms with Crippen LogP contribution in [0.3, 0.4) is 0 Å². The van der Waals surface area contributed by atoms with Crippen LogP contribution in [0.5, 0.6) is 0 Å². The van der Waals surface area contributed by atoms with Crippen LogP contribution in [0, 0.1) is 12.7 Å². The number of aromatic nitrogens is 1. The Morgan fingerprint density at radius 1 is 1.56 bits per heavy atom. The van der Waals surface area contributed by atoms with Crippen LogP contribution in [-0.4, -0.2) is 11.2 Å². The molecule has 0 saturated carbocycles. The lowest BCUT2D eigenvalue weighted by Gasteiger charge is -2.00. The number of anilines is 1. The first kappa shape index (κ1) is 13.5. The van der Waals surface area contributed by atoms with E-state index in [1.54, 1.807) is 6.21 Å². The minimum absolute atomic E-state index is 0.0599. The molecule has 3 nitrogen and oxygen atoms in total. The van der Waals surface area contributed by atoms with Crippen molar-refractivity contribution in [2.45, 2.75) is 6.92 Å². The smallest absolute Gasteiger partial charge is 0.203 e. The van der Waals surface area contributed by atoms with Gasteiger partial charge in [0.05, 0.1) is 16.9 Å². The normalized spacial score (nSPS) is 11.1. The number of hydrogen-bond donors (Lipinski definition) is 1. The predicted molar refractivity (Wildman–Crippen MR) is 77.2 cm³/mol. The summed E-state index contributed by atoms with van der Waals surface area (Å²) in [5.74, 6) is -0.468. The van der Waals surface area contributed by atoms with E-state index in [0.29, 0.717) is 15.2 Å². The van der Waals surface area contributed by atoms with Crippen molar-refractivity contribution in [3.05, 3.63) is 44.1 Å². The lowest BCUT2D eigenvalue weighted by molar-refractivity contribution is 0.627. The average Bonchev–Trinajstić information content (AvgIpc) is 2.71. The summed E-state index contributed by atoms with van der Waals surface area (Å²) in [5, 5.41) is 6.70. The zero-order valence-corrected chi connectivity index (χ0v) is 12.4. The fraction of sp³-hybridized carbons (Fsp3) is 0.0909. The van der Waals surface area contributed by atoms with E-state index in [-0.39, 0.29) is 5.02 Å². The average molecular weight is 349 g/mol. The third-order valence-corrected chi connectivity index (χ3v) is 3.86. The minimum atomic E-state index is -0.468. The molecular formula is C11H8BrClFN3S. The third kappa shape index (κ3) is 3.28. The molecule has 2 aromatic rings. The maximum atomic E-state index is 13.1. The molecule has 0 aliphatic heterocycles. The number of hydrazone groups is 1. The fourth-order valence-electron chi connectivity index (χ4n) is 1.20. The Balaban J connectivity index is 2.11. The molecule has 0 unspecified atom stereocenters. The second kappa shape index (κ2) is 5.77. The van der Waals surface area contributed by atoms with Gasteiger partial charge in [-0.2, -0.15) is 5.10 Å². The molecule has 7 heteroatoms. The summed E-state index contributed by atoms with van der Waals surface area (Å²) in [5.41, 5.74) is 4.41. The molecule has 0 fully saturated rings. The van der Waals surface area contributed by atoms with E-state index in [2.05, 4.69) is 31.4 Å². The van der Waals surface area contributed by atoms with Crippen LogP contribution in [0.4, 0.5) is 9.52 Å². The van der Waals surface area contributed by atoms with E-state index in [4.69, 9.17) is 11.6 Å². The molecule has 0 spiro atoms. The summed E-state index contributed by atoms with van der Waals surface area (Å²) in [4.78, 5) is 4.19. The number of nitrogens with zero attached hydrogens (tertiary/aromatic N) is 2. The Kier molecular flexibility index (Phi) is 4.31. The van der Waals surface area contributed by atoms with Crippen molar-refractivity contribution < 1.29 is 4.39 Å². The highest BCUT2D eigenvalue weighted by Gasteiger charge is 2.04. The Hall–Kier alpha value is -0.980. The van der Waals surface area contributed by atoms with E-state index < -0.39 is 5.82 Å². The van der Waals surface area contributed by atoms with Crippen LogP contribution in [0.1, 0.15) is 11.3 Å². The fourth-order valence-corrected chi connectivity index (χ4v) is 2.43. The molecule has 0 aliphatic rings. The Morgan fingerprint density at radius 3 is 3.00 bits per heavy atom. The maximum Gasteiger partial charge on any atom is 0.203 e. The van der Waals surface area contributed by atoms with Crippen molar-refractivity contribution in [2.75, 3.05) is 5.43 Å². The Labute approximate surface area is 121 Å². The van der Waals surface area contributed by atoms with Crippen LogP contribution in [0.25, 0.3) is 0 Å². The predicted octanol–water partition coefficient (Wildman–Crippen LogP) is 4.45. The first-order chi connectivity index (χ1) is 8.56. The lowest BCUT2D eigenvalue weighted by Crippen LogP contribution is -1.92. The first-order valence-corrected chi connectivity index (χ1v) is 6.97. The van der Waals surface area contributed by atoms with Gasteiger partial charge in [-0.05, 0) is 19.1 Å². The highest BCUT2D eigenvalue weighted by atomic mass is 79.9. The van der Waals surface area contributed by atoms with Gasteiger partial charge in [0.25, 0.3) is 0 Å². The molecular weight excluding hydrogens is 341 g/mol. The van der Waals surface area contributed by atoms with Crippen LogP contribution in [-0.2, 0) is 0 Å². The van der Waals surface area contributed by atoms with Crippen molar-refractivity contribution in [1.29, 1.82) is 0 Å². The van der Waals surface area contributed by atoms with E-state index in [1.807, 2.05) is 12.3 Å². The van der Waals surface area contributed by atoms with E-state index in [0.717, 1.165) is 5.69 Å². The van der Waals surface area contributed by atoms with E-state index >= 15 is 0 Å². The van der Waals surface area contributed by atoms with E-state index in [9.17, 15) is 4.39 Å². The lowest BCUT2D eigenvalue weighted by atomic mass is 10.2. The van der Waals surface area contributed by atoms with Gasteiger partial charge < -0.3 is 0 Å². The van der Waals surface area contributed by atoms with Gasteiger partial charge in [0, 0.05) is 15.4 Å². The highest BCUT2D eigenvalue weighted by Crippen LogP contribution is 2.23. The van der Waals surface area contributed by atoms with Crippen LogP contribution >= 0.6 is 38.9 Å². The van der Waals surface area contributed by atoms with Gasteiger partial charge in [0.15, 0.2) is 0 Å². The third-order valence-electron chi connectivity index (χ3n) is 2.02. The summed E-state index contributed by atoms with van der Waals surface area (Å²) < 4.78 is 13.7. The summed E-state index contributed by atoms with van der Waals surface area (Å²) in [6.45, 7) is 1.90. The van der Waals surface area contributed by atoms with Crippen molar-refractivity contribution in [1.82, 2.24) is 4.98 Å². The largest absolute Gasteiger partial charge is 0.253 e. The molecule has 1 aromatic heterocycles. The second-order valence-electron chi connectivity index (χ2n) is 3.45. The van der Waals surface area contributed by atoms with Gasteiger partial charge in [-0.3, -0.25) is 5.43 Å².